The van der Waals surface area contributed by atoms with E-state index in [2.05, 4.69) is 52.3 Å². The molecule has 9 nitrogen and oxygen atoms in total. The maximum absolute atomic E-state index is 14.9. The summed E-state index contributed by atoms with van der Waals surface area (Å²) in [5.74, 6) is 0.440. The maximum atomic E-state index is 14.9. The van der Waals surface area contributed by atoms with Crippen molar-refractivity contribution in [3.8, 4) is 22.6 Å². The Balaban J connectivity index is 1.42. The largest absolute Gasteiger partial charge is 0.361 e. The van der Waals surface area contributed by atoms with Crippen LogP contribution in [0.5, 0.6) is 0 Å². The lowest BCUT2D eigenvalue weighted by Gasteiger charge is -2.18. The number of sulfonamides is 1. The summed E-state index contributed by atoms with van der Waals surface area (Å²) in [6, 6.07) is 11.8. The van der Waals surface area contributed by atoms with Crippen molar-refractivity contribution >= 4 is 37.1 Å². The molecular formula is C36H52FN5O4SSi2. The lowest BCUT2D eigenvalue weighted by Crippen LogP contribution is -2.29. The molecule has 1 saturated carbocycles. The number of rotatable bonds is 15. The van der Waals surface area contributed by atoms with E-state index in [0.717, 1.165) is 70.3 Å². The number of fused-ring (bicyclic) bond motifs is 2. The molecule has 0 N–H and O–H groups in total. The van der Waals surface area contributed by atoms with Crippen molar-refractivity contribution in [3.63, 3.8) is 0 Å². The molecular weight excluding hydrogens is 674 g/mol. The van der Waals surface area contributed by atoms with E-state index in [-0.39, 0.29) is 37.6 Å². The number of benzene rings is 2. The minimum absolute atomic E-state index is 0.223. The monoisotopic (exact) mass is 725 g/mol. The molecule has 4 aromatic rings. The van der Waals surface area contributed by atoms with Gasteiger partial charge in [0.15, 0.2) is 5.82 Å². The number of hydrogen-bond acceptors (Lipinski definition) is 6. The molecule has 0 spiro atoms. The van der Waals surface area contributed by atoms with Gasteiger partial charge in [0, 0.05) is 34.7 Å². The van der Waals surface area contributed by atoms with Gasteiger partial charge in [-0.1, -0.05) is 58.3 Å². The van der Waals surface area contributed by atoms with Crippen molar-refractivity contribution in [1.29, 1.82) is 0 Å². The van der Waals surface area contributed by atoms with Crippen LogP contribution >= 0.6 is 0 Å². The van der Waals surface area contributed by atoms with Crippen LogP contribution in [-0.4, -0.2) is 66.7 Å². The first kappa shape index (κ1) is 36.1. The van der Waals surface area contributed by atoms with Gasteiger partial charge in [0.05, 0.1) is 35.2 Å². The molecule has 1 aliphatic heterocycles. The van der Waals surface area contributed by atoms with E-state index >= 15 is 0 Å². The van der Waals surface area contributed by atoms with Gasteiger partial charge in [-0.3, -0.25) is 0 Å². The second-order valence-corrected chi connectivity index (χ2v) is 29.6. The van der Waals surface area contributed by atoms with Gasteiger partial charge in [-0.25, -0.2) is 22.5 Å². The van der Waals surface area contributed by atoms with Crippen molar-refractivity contribution in [2.75, 3.05) is 13.2 Å². The van der Waals surface area contributed by atoms with Crippen LogP contribution in [0.15, 0.2) is 30.3 Å². The van der Waals surface area contributed by atoms with Gasteiger partial charge < -0.3 is 14.0 Å². The number of hydrogen-bond donors (Lipinski definition) is 0. The molecule has 266 valence electrons. The fourth-order valence-corrected chi connectivity index (χ4v) is 9.55. The Bertz CT molecular complexity index is 1960. The zero-order valence-electron chi connectivity index (χ0n) is 30.4. The third-order valence-electron chi connectivity index (χ3n) is 9.58. The van der Waals surface area contributed by atoms with Crippen LogP contribution in [0.4, 0.5) is 4.39 Å². The zero-order chi connectivity index (χ0) is 35.3. The average Bonchev–Trinajstić information content (AvgIpc) is 3.60. The molecule has 0 unspecified atom stereocenters. The second-order valence-electron chi connectivity index (χ2n) is 16.2. The van der Waals surface area contributed by atoms with E-state index < -0.39 is 26.2 Å². The Morgan fingerprint density at radius 1 is 0.939 bits per heavy atom. The lowest BCUT2D eigenvalue weighted by molar-refractivity contribution is 0.0814. The molecule has 0 saturated heterocycles. The van der Waals surface area contributed by atoms with E-state index in [1.807, 2.05) is 27.4 Å². The summed E-state index contributed by atoms with van der Waals surface area (Å²) in [6.45, 7) is 20.2. The van der Waals surface area contributed by atoms with Gasteiger partial charge in [-0.05, 0) is 78.7 Å². The Hall–Kier alpha value is -2.69. The molecule has 0 atom stereocenters. The summed E-state index contributed by atoms with van der Waals surface area (Å²) in [5.41, 5.74) is 6.69. The Kier molecular flexibility index (Phi) is 10.2. The minimum atomic E-state index is -3.35. The van der Waals surface area contributed by atoms with Crippen LogP contribution in [0.3, 0.4) is 0 Å². The summed E-state index contributed by atoms with van der Waals surface area (Å²) in [6.07, 6.45) is 2.23. The fourth-order valence-electron chi connectivity index (χ4n) is 6.28. The summed E-state index contributed by atoms with van der Waals surface area (Å²) < 4.78 is 59.3. The number of halogens is 1. The highest BCUT2D eigenvalue weighted by atomic mass is 32.2. The first-order valence-electron chi connectivity index (χ1n) is 17.6. The summed E-state index contributed by atoms with van der Waals surface area (Å²) in [5, 5.41) is 5.74. The number of ether oxygens (including phenoxy) is 2. The van der Waals surface area contributed by atoms with Gasteiger partial charge in [0.2, 0.25) is 10.0 Å². The van der Waals surface area contributed by atoms with Crippen LogP contribution in [0.2, 0.25) is 51.4 Å². The van der Waals surface area contributed by atoms with Crippen molar-refractivity contribution in [3.05, 3.63) is 58.7 Å². The number of aryl methyl sites for hydroxylation is 2. The molecule has 2 aliphatic rings. The Morgan fingerprint density at radius 2 is 1.61 bits per heavy atom. The number of nitrogens with zero attached hydrogens (tertiary/aromatic N) is 5. The van der Waals surface area contributed by atoms with E-state index in [1.54, 1.807) is 17.3 Å². The van der Waals surface area contributed by atoms with Gasteiger partial charge >= 0.3 is 0 Å². The first-order valence-corrected chi connectivity index (χ1v) is 26.5. The minimum Gasteiger partial charge on any atom is -0.361 e. The molecule has 1 aliphatic carbocycles. The second kappa shape index (κ2) is 13.8. The molecule has 13 heteroatoms. The Morgan fingerprint density at radius 3 is 2.24 bits per heavy atom. The molecule has 0 amide bonds. The summed E-state index contributed by atoms with van der Waals surface area (Å²) >= 11 is 0. The number of imidazole rings is 1. The standard InChI is InChI=1S/C36H52FN5O4SSi2/c1-9-26-18-25(2)31(37)20-30(26)27-10-13-29-33(19-27)42(24-46-15-17-49(6,7)8)39-35(29)36-38-32-21-40(47(43,44)28-11-12-28)22-34(32)41(36)23-45-14-16-48(3,4)5/h10,13,18-20,28H,9,11-12,14-17,21-24H2,1-8H3. The Labute approximate surface area is 292 Å². The highest BCUT2D eigenvalue weighted by Crippen LogP contribution is 2.39. The first-order chi connectivity index (χ1) is 23.1. The van der Waals surface area contributed by atoms with Gasteiger partial charge in [0.25, 0.3) is 0 Å². The van der Waals surface area contributed by atoms with Crippen molar-refractivity contribution in [2.24, 2.45) is 0 Å². The van der Waals surface area contributed by atoms with E-state index in [4.69, 9.17) is 19.6 Å². The van der Waals surface area contributed by atoms with E-state index in [0.29, 0.717) is 30.3 Å². The van der Waals surface area contributed by atoms with Crippen LogP contribution in [0.1, 0.15) is 42.3 Å². The van der Waals surface area contributed by atoms with E-state index in [9.17, 15) is 12.8 Å². The molecule has 0 bridgehead atoms. The predicted octanol–water partition coefficient (Wildman–Crippen LogP) is 8.01. The molecule has 1 fully saturated rings. The molecule has 0 radical (unpaired) electrons. The SMILES string of the molecule is CCc1cc(C)c(F)cc1-c1ccc2c(-c3nc4c(n3COCC[Si](C)(C)C)CN(S(=O)(=O)C3CC3)C4)nn(COCC[Si](C)(C)C)c2c1. The van der Waals surface area contributed by atoms with Crippen LogP contribution in [-0.2, 0) is 52.5 Å². The van der Waals surface area contributed by atoms with Crippen LogP contribution < -0.4 is 0 Å². The summed E-state index contributed by atoms with van der Waals surface area (Å²) in [7, 11) is -5.96. The third-order valence-corrected chi connectivity index (χ3v) is 15.3. The molecule has 2 aromatic heterocycles. The van der Waals surface area contributed by atoms with Gasteiger partial charge in [-0.2, -0.15) is 9.40 Å². The van der Waals surface area contributed by atoms with Crippen molar-refractivity contribution in [1.82, 2.24) is 23.6 Å². The zero-order valence-corrected chi connectivity index (χ0v) is 33.2. The highest BCUT2D eigenvalue weighted by Gasteiger charge is 2.44. The number of aromatic nitrogens is 4. The maximum Gasteiger partial charge on any atom is 0.217 e. The molecule has 49 heavy (non-hydrogen) atoms. The van der Waals surface area contributed by atoms with E-state index in [1.165, 1.54) is 0 Å². The normalized spacial score (nSPS) is 15.9. The molecule has 2 aromatic carbocycles. The van der Waals surface area contributed by atoms with Gasteiger partial charge in [0.1, 0.15) is 25.0 Å². The van der Waals surface area contributed by atoms with Gasteiger partial charge in [-0.15, -0.1) is 0 Å². The molecule has 3 heterocycles. The summed E-state index contributed by atoms with van der Waals surface area (Å²) in [4.78, 5) is 5.08. The molecule has 6 rings (SSSR count). The predicted molar refractivity (Wildman–Crippen MR) is 200 cm³/mol. The van der Waals surface area contributed by atoms with Crippen molar-refractivity contribution < 1.29 is 22.3 Å². The topological polar surface area (TPSA) is 91.5 Å². The lowest BCUT2D eigenvalue weighted by atomic mass is 9.95. The quantitative estimate of drug-likeness (QED) is 0.0912. The average molecular weight is 726 g/mol. The van der Waals surface area contributed by atoms with Crippen LogP contribution in [0.25, 0.3) is 33.5 Å². The third kappa shape index (κ3) is 7.96. The van der Waals surface area contributed by atoms with Crippen LogP contribution in [0, 0.1) is 12.7 Å². The smallest absolute Gasteiger partial charge is 0.217 e. The van der Waals surface area contributed by atoms with Crippen molar-refractivity contribution in [2.45, 2.75) is 116 Å². The highest BCUT2D eigenvalue weighted by molar-refractivity contribution is 7.90. The fraction of sp³-hybridized carbons (Fsp3) is 0.556.